The van der Waals surface area contributed by atoms with E-state index in [1.54, 1.807) is 6.07 Å². The first-order valence-electron chi connectivity index (χ1n) is 7.99. The van der Waals surface area contributed by atoms with Crippen molar-refractivity contribution in [2.24, 2.45) is 5.73 Å². The van der Waals surface area contributed by atoms with Crippen LogP contribution in [0.2, 0.25) is 0 Å². The molecule has 0 saturated heterocycles. The van der Waals surface area contributed by atoms with Gasteiger partial charge in [-0.3, -0.25) is 4.90 Å². The summed E-state index contributed by atoms with van der Waals surface area (Å²) in [5, 5.41) is 0. The molecule has 4 heteroatoms. The van der Waals surface area contributed by atoms with Crippen molar-refractivity contribution in [2.75, 3.05) is 6.54 Å². The average Bonchev–Trinajstić information content (AvgIpc) is 2.45. The maximum absolute atomic E-state index is 14.0. The van der Waals surface area contributed by atoms with Gasteiger partial charge >= 0.3 is 0 Å². The van der Waals surface area contributed by atoms with Gasteiger partial charge < -0.3 is 5.73 Å². The van der Waals surface area contributed by atoms with Crippen LogP contribution in [0.25, 0.3) is 0 Å². The van der Waals surface area contributed by atoms with Gasteiger partial charge in [-0.05, 0) is 51.6 Å². The average molecular weight is 296 g/mol. The molecule has 0 aliphatic heterocycles. The maximum Gasteiger partial charge on any atom is 0.130 e. The third-order valence-electron chi connectivity index (χ3n) is 4.60. The molecule has 1 unspecified atom stereocenters. The Morgan fingerprint density at radius 1 is 1.24 bits per heavy atom. The van der Waals surface area contributed by atoms with Crippen LogP contribution in [0.4, 0.5) is 8.78 Å². The Labute approximate surface area is 126 Å². The SMILES string of the molecule is CCCN(C1CCC(N)CC1)C(C)c1ccc(F)cc1F. The second-order valence-electron chi connectivity index (χ2n) is 6.15. The van der Waals surface area contributed by atoms with Gasteiger partial charge in [0.05, 0.1) is 0 Å². The molecule has 0 heterocycles. The van der Waals surface area contributed by atoms with Crippen molar-refractivity contribution in [3.63, 3.8) is 0 Å². The summed E-state index contributed by atoms with van der Waals surface area (Å²) in [5.74, 6) is -0.967. The lowest BCUT2D eigenvalue weighted by Gasteiger charge is -2.40. The van der Waals surface area contributed by atoms with E-state index in [-0.39, 0.29) is 6.04 Å². The predicted molar refractivity (Wildman–Crippen MR) is 82.0 cm³/mol. The topological polar surface area (TPSA) is 29.3 Å². The Morgan fingerprint density at radius 3 is 2.48 bits per heavy atom. The molecule has 1 saturated carbocycles. The van der Waals surface area contributed by atoms with E-state index < -0.39 is 11.6 Å². The molecule has 0 bridgehead atoms. The van der Waals surface area contributed by atoms with Crippen molar-refractivity contribution in [3.05, 3.63) is 35.4 Å². The van der Waals surface area contributed by atoms with E-state index >= 15 is 0 Å². The minimum atomic E-state index is -0.519. The van der Waals surface area contributed by atoms with E-state index in [1.807, 2.05) is 6.92 Å². The summed E-state index contributed by atoms with van der Waals surface area (Å²) in [7, 11) is 0. The third-order valence-corrected chi connectivity index (χ3v) is 4.60. The molecule has 0 spiro atoms. The molecule has 0 amide bonds. The Balaban J connectivity index is 2.16. The van der Waals surface area contributed by atoms with Crippen LogP contribution in [0, 0.1) is 11.6 Å². The fraction of sp³-hybridized carbons (Fsp3) is 0.647. The first-order chi connectivity index (χ1) is 10.0. The van der Waals surface area contributed by atoms with Crippen LogP contribution in [-0.4, -0.2) is 23.5 Å². The van der Waals surface area contributed by atoms with Gasteiger partial charge in [-0.15, -0.1) is 0 Å². The zero-order valence-electron chi connectivity index (χ0n) is 13.0. The number of benzene rings is 1. The van der Waals surface area contributed by atoms with Crippen molar-refractivity contribution in [3.8, 4) is 0 Å². The number of hydrogen-bond donors (Lipinski definition) is 1. The lowest BCUT2D eigenvalue weighted by atomic mass is 9.89. The molecule has 1 aromatic carbocycles. The molecule has 2 nitrogen and oxygen atoms in total. The summed E-state index contributed by atoms with van der Waals surface area (Å²) in [4.78, 5) is 2.36. The fourth-order valence-corrected chi connectivity index (χ4v) is 3.40. The predicted octanol–water partition coefficient (Wildman–Crippen LogP) is 4.01. The summed E-state index contributed by atoms with van der Waals surface area (Å²) < 4.78 is 27.1. The van der Waals surface area contributed by atoms with E-state index in [1.165, 1.54) is 6.07 Å². The van der Waals surface area contributed by atoms with Crippen LogP contribution in [0.5, 0.6) is 0 Å². The number of hydrogen-bond acceptors (Lipinski definition) is 2. The molecule has 1 fully saturated rings. The van der Waals surface area contributed by atoms with Gasteiger partial charge in [-0.25, -0.2) is 8.78 Å². The number of rotatable bonds is 5. The molecular formula is C17H26F2N2. The maximum atomic E-state index is 14.0. The highest BCUT2D eigenvalue weighted by molar-refractivity contribution is 5.22. The van der Waals surface area contributed by atoms with Crippen LogP contribution in [-0.2, 0) is 0 Å². The molecule has 1 aliphatic rings. The van der Waals surface area contributed by atoms with Crippen LogP contribution >= 0.6 is 0 Å². The van der Waals surface area contributed by atoms with E-state index in [4.69, 9.17) is 5.73 Å². The minimum absolute atomic E-state index is 0.0372. The standard InChI is InChI=1S/C17H26F2N2/c1-3-10-21(15-7-5-14(20)6-8-15)12(2)16-9-4-13(18)11-17(16)19/h4,9,11-12,14-15H,3,5-8,10,20H2,1-2H3. The smallest absolute Gasteiger partial charge is 0.130 e. The Bertz CT molecular complexity index is 456. The number of halogens is 2. The third kappa shape index (κ3) is 4.01. The lowest BCUT2D eigenvalue weighted by molar-refractivity contribution is 0.105. The van der Waals surface area contributed by atoms with Gasteiger partial charge in [0.25, 0.3) is 0 Å². The Kier molecular flexibility index (Phi) is 5.71. The van der Waals surface area contributed by atoms with E-state index in [0.717, 1.165) is 44.7 Å². The van der Waals surface area contributed by atoms with Gasteiger partial charge in [-0.1, -0.05) is 13.0 Å². The van der Waals surface area contributed by atoms with Crippen LogP contribution in [0.3, 0.4) is 0 Å². The van der Waals surface area contributed by atoms with E-state index in [0.29, 0.717) is 17.6 Å². The van der Waals surface area contributed by atoms with Crippen molar-refractivity contribution in [2.45, 2.75) is 64.1 Å². The lowest BCUT2D eigenvalue weighted by Crippen LogP contribution is -2.42. The summed E-state index contributed by atoms with van der Waals surface area (Å²) in [5.41, 5.74) is 6.56. The second kappa shape index (κ2) is 7.32. The molecule has 1 atom stereocenters. The monoisotopic (exact) mass is 296 g/mol. The highest BCUT2D eigenvalue weighted by atomic mass is 19.1. The minimum Gasteiger partial charge on any atom is -0.328 e. The van der Waals surface area contributed by atoms with Gasteiger partial charge in [-0.2, -0.15) is 0 Å². The van der Waals surface area contributed by atoms with Crippen molar-refractivity contribution in [1.82, 2.24) is 4.90 Å². The number of nitrogens with zero attached hydrogens (tertiary/aromatic N) is 1. The van der Waals surface area contributed by atoms with Gasteiger partial charge in [0.2, 0.25) is 0 Å². The van der Waals surface area contributed by atoms with Crippen molar-refractivity contribution < 1.29 is 8.78 Å². The van der Waals surface area contributed by atoms with Gasteiger partial charge in [0, 0.05) is 29.8 Å². The summed E-state index contributed by atoms with van der Waals surface area (Å²) in [6.07, 6.45) is 5.21. The first kappa shape index (κ1) is 16.4. The molecule has 1 aliphatic carbocycles. The number of nitrogens with two attached hydrogens (primary N) is 1. The van der Waals surface area contributed by atoms with Crippen molar-refractivity contribution in [1.29, 1.82) is 0 Å². The largest absolute Gasteiger partial charge is 0.328 e. The molecule has 21 heavy (non-hydrogen) atoms. The van der Waals surface area contributed by atoms with Crippen LogP contribution < -0.4 is 5.73 Å². The highest BCUT2D eigenvalue weighted by Crippen LogP contribution is 2.31. The molecule has 1 aromatic rings. The normalized spacial score (nSPS) is 24.3. The zero-order valence-corrected chi connectivity index (χ0v) is 13.0. The highest BCUT2D eigenvalue weighted by Gasteiger charge is 2.28. The quantitative estimate of drug-likeness (QED) is 0.889. The molecule has 2 N–H and O–H groups in total. The van der Waals surface area contributed by atoms with E-state index in [2.05, 4.69) is 11.8 Å². The van der Waals surface area contributed by atoms with Gasteiger partial charge in [0.15, 0.2) is 0 Å². The zero-order chi connectivity index (χ0) is 15.4. The summed E-state index contributed by atoms with van der Waals surface area (Å²) in [6.45, 7) is 5.08. The molecule has 118 valence electrons. The Hall–Kier alpha value is -1.00. The Morgan fingerprint density at radius 2 is 1.90 bits per heavy atom. The van der Waals surface area contributed by atoms with Gasteiger partial charge in [0.1, 0.15) is 11.6 Å². The molecule has 0 aromatic heterocycles. The van der Waals surface area contributed by atoms with E-state index in [9.17, 15) is 8.78 Å². The van der Waals surface area contributed by atoms with Crippen LogP contribution in [0.15, 0.2) is 18.2 Å². The second-order valence-corrected chi connectivity index (χ2v) is 6.15. The fourth-order valence-electron chi connectivity index (χ4n) is 3.40. The van der Waals surface area contributed by atoms with Crippen LogP contribution in [0.1, 0.15) is 57.6 Å². The summed E-state index contributed by atoms with van der Waals surface area (Å²) >= 11 is 0. The summed E-state index contributed by atoms with van der Waals surface area (Å²) in [6, 6.07) is 4.62. The molecular weight excluding hydrogens is 270 g/mol. The molecule has 0 radical (unpaired) electrons. The molecule has 2 rings (SSSR count). The first-order valence-corrected chi connectivity index (χ1v) is 7.99. The van der Waals surface area contributed by atoms with Crippen molar-refractivity contribution >= 4 is 0 Å².